The van der Waals surface area contributed by atoms with E-state index in [1.807, 2.05) is 27.8 Å². The van der Waals surface area contributed by atoms with Gasteiger partial charge in [-0.3, -0.25) is 9.89 Å². The molecule has 1 N–H and O–H groups in total. The van der Waals surface area contributed by atoms with Crippen molar-refractivity contribution in [1.29, 1.82) is 0 Å². The summed E-state index contributed by atoms with van der Waals surface area (Å²) in [6.07, 6.45) is 4.39. The van der Waals surface area contributed by atoms with Gasteiger partial charge in [0.1, 0.15) is 0 Å². The Labute approximate surface area is 138 Å². The van der Waals surface area contributed by atoms with Gasteiger partial charge in [-0.1, -0.05) is 0 Å². The van der Waals surface area contributed by atoms with Crippen molar-refractivity contribution in [2.75, 3.05) is 13.1 Å². The molecule has 0 saturated carbocycles. The molecule has 3 aromatic heterocycles. The molecule has 23 heavy (non-hydrogen) atoms. The van der Waals surface area contributed by atoms with Crippen molar-refractivity contribution in [3.63, 3.8) is 0 Å². The molecule has 0 spiro atoms. The number of aromatic amines is 1. The van der Waals surface area contributed by atoms with Gasteiger partial charge in [0.15, 0.2) is 5.65 Å². The lowest BCUT2D eigenvalue weighted by Crippen LogP contribution is -2.40. The third-order valence-electron chi connectivity index (χ3n) is 4.45. The zero-order valence-electron chi connectivity index (χ0n) is 12.7. The van der Waals surface area contributed by atoms with Gasteiger partial charge in [0.2, 0.25) is 5.91 Å². The molecule has 4 heterocycles. The number of piperidine rings is 1. The molecule has 5 nitrogen and oxygen atoms in total. The van der Waals surface area contributed by atoms with Crippen molar-refractivity contribution >= 4 is 28.3 Å². The van der Waals surface area contributed by atoms with Gasteiger partial charge in [-0.2, -0.15) is 16.4 Å². The summed E-state index contributed by atoms with van der Waals surface area (Å²) in [7, 11) is 0. The van der Waals surface area contributed by atoms with Gasteiger partial charge in [-0.25, -0.2) is 4.98 Å². The SMILES string of the molecule is O=C(Cc1ccsc1)N1CCCC(c2ccc3cn[nH]c3n2)C1. The molecule has 118 valence electrons. The number of aromatic nitrogens is 3. The predicted molar refractivity (Wildman–Crippen MR) is 90.5 cm³/mol. The second-order valence-corrected chi connectivity index (χ2v) is 6.81. The number of rotatable bonds is 3. The lowest BCUT2D eigenvalue weighted by Gasteiger charge is -2.32. The Morgan fingerprint density at radius 1 is 1.39 bits per heavy atom. The standard InChI is InChI=1S/C17H18N4OS/c22-16(8-12-5-7-23-11-12)21-6-1-2-14(10-21)15-4-3-13-9-18-20-17(13)19-15/h3-5,7,9,11,14H,1-2,6,8,10H2,(H,18,19,20). The summed E-state index contributed by atoms with van der Waals surface area (Å²) >= 11 is 1.64. The van der Waals surface area contributed by atoms with Crippen LogP contribution in [0.2, 0.25) is 0 Å². The summed E-state index contributed by atoms with van der Waals surface area (Å²) in [5, 5.41) is 12.0. The molecule has 4 rings (SSSR count). The normalized spacial score (nSPS) is 18.4. The van der Waals surface area contributed by atoms with E-state index >= 15 is 0 Å². The van der Waals surface area contributed by atoms with Crippen LogP contribution in [-0.2, 0) is 11.2 Å². The molecule has 1 atom stereocenters. The first-order valence-electron chi connectivity index (χ1n) is 7.88. The number of nitrogens with one attached hydrogen (secondary N) is 1. The monoisotopic (exact) mass is 326 g/mol. The molecule has 6 heteroatoms. The summed E-state index contributed by atoms with van der Waals surface area (Å²) in [4.78, 5) is 19.2. The van der Waals surface area contributed by atoms with Crippen LogP contribution < -0.4 is 0 Å². The second-order valence-electron chi connectivity index (χ2n) is 6.03. The molecule has 1 amide bonds. The number of carbonyl (C=O) groups excluding carboxylic acids is 1. The zero-order valence-corrected chi connectivity index (χ0v) is 13.6. The fourth-order valence-corrected chi connectivity index (χ4v) is 3.86. The topological polar surface area (TPSA) is 61.9 Å². The zero-order chi connectivity index (χ0) is 15.6. The first kappa shape index (κ1) is 14.4. The highest BCUT2D eigenvalue weighted by Crippen LogP contribution is 2.27. The highest BCUT2D eigenvalue weighted by atomic mass is 32.1. The Balaban J connectivity index is 1.48. The van der Waals surface area contributed by atoms with Crippen molar-refractivity contribution in [2.24, 2.45) is 0 Å². The van der Waals surface area contributed by atoms with Crippen LogP contribution in [0.15, 0.2) is 35.2 Å². The lowest BCUT2D eigenvalue weighted by molar-refractivity contribution is -0.131. The third-order valence-corrected chi connectivity index (χ3v) is 5.18. The number of amides is 1. The van der Waals surface area contributed by atoms with E-state index in [-0.39, 0.29) is 5.91 Å². The van der Waals surface area contributed by atoms with Crippen LogP contribution in [0.3, 0.4) is 0 Å². The number of nitrogens with zero attached hydrogens (tertiary/aromatic N) is 3. The van der Waals surface area contributed by atoms with Gasteiger partial charge >= 0.3 is 0 Å². The van der Waals surface area contributed by atoms with Gasteiger partial charge in [-0.05, 0) is 47.4 Å². The molecule has 3 aromatic rings. The maximum atomic E-state index is 12.5. The molecular formula is C17H18N4OS. The van der Waals surface area contributed by atoms with Gasteiger partial charge in [0.05, 0.1) is 12.6 Å². The molecule has 1 saturated heterocycles. The minimum Gasteiger partial charge on any atom is -0.342 e. The highest BCUT2D eigenvalue weighted by Gasteiger charge is 2.25. The summed E-state index contributed by atoms with van der Waals surface area (Å²) in [5.74, 6) is 0.526. The van der Waals surface area contributed by atoms with Crippen LogP contribution in [-0.4, -0.2) is 39.1 Å². The van der Waals surface area contributed by atoms with Crippen molar-refractivity contribution in [3.8, 4) is 0 Å². The average molecular weight is 326 g/mol. The van der Waals surface area contributed by atoms with Gasteiger partial charge in [-0.15, -0.1) is 0 Å². The summed E-state index contributed by atoms with van der Waals surface area (Å²) in [6, 6.07) is 6.14. The average Bonchev–Trinajstić information content (AvgIpc) is 3.25. The minimum atomic E-state index is 0.218. The molecule has 0 bridgehead atoms. The van der Waals surface area contributed by atoms with Gasteiger partial charge in [0.25, 0.3) is 0 Å². The summed E-state index contributed by atoms with van der Waals surface area (Å²) in [6.45, 7) is 1.61. The van der Waals surface area contributed by atoms with E-state index in [9.17, 15) is 4.79 Å². The molecule has 0 aromatic carbocycles. The number of hydrogen-bond donors (Lipinski definition) is 1. The van der Waals surface area contributed by atoms with Crippen LogP contribution in [0.4, 0.5) is 0 Å². The number of likely N-dealkylation sites (tertiary alicyclic amines) is 1. The first-order chi connectivity index (χ1) is 11.3. The maximum absolute atomic E-state index is 12.5. The Morgan fingerprint density at radius 3 is 3.22 bits per heavy atom. The van der Waals surface area contributed by atoms with E-state index in [4.69, 9.17) is 0 Å². The minimum absolute atomic E-state index is 0.218. The van der Waals surface area contributed by atoms with Crippen LogP contribution in [0, 0.1) is 0 Å². The molecule has 0 radical (unpaired) electrons. The van der Waals surface area contributed by atoms with Crippen LogP contribution in [0.25, 0.3) is 11.0 Å². The quantitative estimate of drug-likeness (QED) is 0.805. The van der Waals surface area contributed by atoms with Crippen LogP contribution in [0.1, 0.15) is 30.0 Å². The van der Waals surface area contributed by atoms with Gasteiger partial charge in [0, 0.05) is 30.1 Å². The summed E-state index contributed by atoms with van der Waals surface area (Å²) in [5.41, 5.74) is 2.98. The third kappa shape index (κ3) is 2.99. The number of fused-ring (bicyclic) bond motifs is 1. The molecule has 1 aliphatic heterocycles. The molecule has 1 aliphatic rings. The number of thiophene rings is 1. The van der Waals surface area contributed by atoms with Crippen molar-refractivity contribution in [3.05, 3.63) is 46.4 Å². The smallest absolute Gasteiger partial charge is 0.227 e. The number of H-pyrrole nitrogens is 1. The van der Waals surface area contributed by atoms with Gasteiger partial charge < -0.3 is 4.90 Å². The first-order valence-corrected chi connectivity index (χ1v) is 8.83. The summed E-state index contributed by atoms with van der Waals surface area (Å²) < 4.78 is 0. The van der Waals surface area contributed by atoms with E-state index in [1.54, 1.807) is 17.5 Å². The van der Waals surface area contributed by atoms with E-state index in [1.165, 1.54) is 0 Å². The Hall–Kier alpha value is -2.21. The van der Waals surface area contributed by atoms with Crippen molar-refractivity contribution < 1.29 is 4.79 Å². The molecule has 0 aliphatic carbocycles. The van der Waals surface area contributed by atoms with Crippen molar-refractivity contribution in [1.82, 2.24) is 20.1 Å². The van der Waals surface area contributed by atoms with Crippen LogP contribution >= 0.6 is 11.3 Å². The predicted octanol–water partition coefficient (Wildman–Crippen LogP) is 2.97. The fraction of sp³-hybridized carbons (Fsp3) is 0.353. The Bertz CT molecular complexity index is 811. The second kappa shape index (κ2) is 6.12. The van der Waals surface area contributed by atoms with E-state index in [0.29, 0.717) is 12.3 Å². The van der Waals surface area contributed by atoms with E-state index < -0.39 is 0 Å². The van der Waals surface area contributed by atoms with E-state index in [2.05, 4.69) is 21.2 Å². The number of pyridine rings is 1. The lowest BCUT2D eigenvalue weighted by atomic mass is 9.93. The molecule has 1 unspecified atom stereocenters. The molecular weight excluding hydrogens is 308 g/mol. The fourth-order valence-electron chi connectivity index (χ4n) is 3.19. The van der Waals surface area contributed by atoms with Crippen LogP contribution in [0.5, 0.6) is 0 Å². The Kier molecular flexibility index (Phi) is 3.83. The highest BCUT2D eigenvalue weighted by molar-refractivity contribution is 7.08. The van der Waals surface area contributed by atoms with Crippen molar-refractivity contribution in [2.45, 2.75) is 25.2 Å². The number of carbonyl (C=O) groups is 1. The Morgan fingerprint density at radius 2 is 2.35 bits per heavy atom. The number of hydrogen-bond acceptors (Lipinski definition) is 4. The maximum Gasteiger partial charge on any atom is 0.227 e. The molecule has 1 fully saturated rings. The van der Waals surface area contributed by atoms with E-state index in [0.717, 1.165) is 48.2 Å². The largest absolute Gasteiger partial charge is 0.342 e.